The highest BCUT2D eigenvalue weighted by Gasteiger charge is 2.10. The van der Waals surface area contributed by atoms with Crippen molar-refractivity contribution in [3.63, 3.8) is 0 Å². The van der Waals surface area contributed by atoms with Crippen LogP contribution >= 0.6 is 12.6 Å². The highest BCUT2D eigenvalue weighted by molar-refractivity contribution is 7.80. The van der Waals surface area contributed by atoms with Crippen molar-refractivity contribution in [2.24, 2.45) is 10.9 Å². The second-order valence-electron chi connectivity index (χ2n) is 5.40. The quantitative estimate of drug-likeness (QED) is 0.283. The summed E-state index contributed by atoms with van der Waals surface area (Å²) in [6.07, 6.45) is 4.81. The van der Waals surface area contributed by atoms with E-state index in [4.69, 9.17) is 0 Å². The van der Waals surface area contributed by atoms with Crippen LogP contribution in [0.4, 0.5) is 0 Å². The van der Waals surface area contributed by atoms with Crippen LogP contribution in [-0.4, -0.2) is 11.6 Å². The minimum atomic E-state index is 0.327. The molecular weight excluding hydrogens is 264 g/mol. The molecular formula is C17H28N2S. The van der Waals surface area contributed by atoms with E-state index in [1.807, 2.05) is 33.9 Å². The van der Waals surface area contributed by atoms with E-state index < -0.39 is 0 Å². The van der Waals surface area contributed by atoms with Crippen LogP contribution in [0.5, 0.6) is 0 Å². The van der Waals surface area contributed by atoms with Crippen molar-refractivity contribution in [3.05, 3.63) is 47.9 Å². The summed E-state index contributed by atoms with van der Waals surface area (Å²) in [6.45, 7) is 18.4. The molecule has 1 atom stereocenters. The molecule has 0 spiro atoms. The van der Waals surface area contributed by atoms with Crippen molar-refractivity contribution in [2.45, 2.75) is 41.0 Å². The Labute approximate surface area is 129 Å². The number of nitrogens with one attached hydrogen (secondary N) is 1. The lowest BCUT2D eigenvalue weighted by Gasteiger charge is -2.15. The number of rotatable bonds is 8. The molecule has 0 radical (unpaired) electrons. The van der Waals surface area contributed by atoms with E-state index in [1.54, 1.807) is 0 Å². The SMILES string of the molecule is C=C(C)/C(CC(C)C(=C)/C=C(\C)NCS)=N\C=C(C)C. The zero-order chi connectivity index (χ0) is 15.7. The van der Waals surface area contributed by atoms with Gasteiger partial charge in [0.05, 0.1) is 5.88 Å². The third-order valence-corrected chi connectivity index (χ3v) is 3.02. The topological polar surface area (TPSA) is 24.4 Å². The summed E-state index contributed by atoms with van der Waals surface area (Å²) < 4.78 is 0. The lowest BCUT2D eigenvalue weighted by atomic mass is 9.93. The van der Waals surface area contributed by atoms with Gasteiger partial charge in [-0.05, 0) is 51.7 Å². The molecule has 0 aliphatic rings. The molecule has 0 heterocycles. The first-order valence-corrected chi connectivity index (χ1v) is 7.49. The summed E-state index contributed by atoms with van der Waals surface area (Å²) in [7, 11) is 0. The first-order valence-electron chi connectivity index (χ1n) is 6.85. The molecule has 0 aliphatic carbocycles. The van der Waals surface area contributed by atoms with E-state index >= 15 is 0 Å². The number of hydrogen-bond acceptors (Lipinski definition) is 3. The summed E-state index contributed by atoms with van der Waals surface area (Å²) in [5.74, 6) is 0.955. The Morgan fingerprint density at radius 2 is 1.85 bits per heavy atom. The maximum atomic E-state index is 4.53. The lowest BCUT2D eigenvalue weighted by Crippen LogP contribution is -2.11. The third-order valence-electron chi connectivity index (χ3n) is 2.86. The number of aliphatic imine (C=N–C) groups is 1. The van der Waals surface area contributed by atoms with Crippen molar-refractivity contribution in [2.75, 3.05) is 5.88 Å². The Balaban J connectivity index is 4.86. The summed E-state index contributed by atoms with van der Waals surface area (Å²) >= 11 is 4.14. The van der Waals surface area contributed by atoms with Gasteiger partial charge in [0.1, 0.15) is 0 Å². The zero-order valence-electron chi connectivity index (χ0n) is 13.5. The average molecular weight is 292 g/mol. The van der Waals surface area contributed by atoms with Crippen molar-refractivity contribution in [3.8, 4) is 0 Å². The first-order chi connectivity index (χ1) is 9.27. The second kappa shape index (κ2) is 9.65. The fourth-order valence-electron chi connectivity index (χ4n) is 1.56. The number of hydrogen-bond donors (Lipinski definition) is 2. The number of thiol groups is 1. The molecule has 2 nitrogen and oxygen atoms in total. The fourth-order valence-corrected chi connectivity index (χ4v) is 1.81. The Hall–Kier alpha value is -1.22. The molecule has 1 N–H and O–H groups in total. The van der Waals surface area contributed by atoms with Crippen LogP contribution in [0.15, 0.2) is 52.8 Å². The molecule has 3 heteroatoms. The Morgan fingerprint density at radius 1 is 1.25 bits per heavy atom. The molecule has 0 fully saturated rings. The predicted molar refractivity (Wildman–Crippen MR) is 95.3 cm³/mol. The summed E-state index contributed by atoms with van der Waals surface area (Å²) in [5.41, 5.74) is 5.39. The van der Waals surface area contributed by atoms with Gasteiger partial charge in [0.15, 0.2) is 0 Å². The summed E-state index contributed by atoms with van der Waals surface area (Å²) in [5, 5.41) is 3.15. The van der Waals surface area contributed by atoms with Crippen LogP contribution < -0.4 is 5.32 Å². The molecule has 0 saturated heterocycles. The normalized spacial score (nSPS) is 13.7. The van der Waals surface area contributed by atoms with Gasteiger partial charge in [0.25, 0.3) is 0 Å². The minimum absolute atomic E-state index is 0.327. The summed E-state index contributed by atoms with van der Waals surface area (Å²) in [4.78, 5) is 4.53. The van der Waals surface area contributed by atoms with Gasteiger partial charge in [-0.15, -0.1) is 0 Å². The van der Waals surface area contributed by atoms with Gasteiger partial charge in [-0.3, -0.25) is 4.99 Å². The zero-order valence-corrected chi connectivity index (χ0v) is 14.3. The van der Waals surface area contributed by atoms with Crippen molar-refractivity contribution in [1.82, 2.24) is 5.32 Å². The number of nitrogens with zero attached hydrogens (tertiary/aromatic N) is 1. The van der Waals surface area contributed by atoms with Crippen LogP contribution in [-0.2, 0) is 0 Å². The molecule has 0 aromatic rings. The van der Waals surface area contributed by atoms with E-state index in [9.17, 15) is 0 Å². The van der Waals surface area contributed by atoms with Gasteiger partial charge >= 0.3 is 0 Å². The monoisotopic (exact) mass is 292 g/mol. The van der Waals surface area contributed by atoms with Gasteiger partial charge in [0, 0.05) is 17.6 Å². The fraction of sp³-hybridized carbons (Fsp3) is 0.471. The van der Waals surface area contributed by atoms with Gasteiger partial charge in [-0.2, -0.15) is 12.6 Å². The summed E-state index contributed by atoms with van der Waals surface area (Å²) in [6, 6.07) is 0. The second-order valence-corrected chi connectivity index (χ2v) is 5.72. The molecule has 0 aliphatic heterocycles. The van der Waals surface area contributed by atoms with Crippen molar-refractivity contribution in [1.29, 1.82) is 0 Å². The van der Waals surface area contributed by atoms with Crippen LogP contribution in [0, 0.1) is 5.92 Å². The van der Waals surface area contributed by atoms with E-state index in [0.717, 1.165) is 29.0 Å². The molecule has 0 aromatic heterocycles. The van der Waals surface area contributed by atoms with E-state index in [-0.39, 0.29) is 0 Å². The molecule has 1 unspecified atom stereocenters. The highest BCUT2D eigenvalue weighted by Crippen LogP contribution is 2.18. The largest absolute Gasteiger partial charge is 0.380 e. The number of allylic oxidation sites excluding steroid dienone is 5. The lowest BCUT2D eigenvalue weighted by molar-refractivity contribution is 0.732. The maximum absolute atomic E-state index is 4.53. The molecule has 0 aromatic carbocycles. The van der Waals surface area contributed by atoms with Crippen LogP contribution in [0.1, 0.15) is 41.0 Å². The Morgan fingerprint density at radius 3 is 2.30 bits per heavy atom. The molecule has 20 heavy (non-hydrogen) atoms. The molecule has 0 bridgehead atoms. The molecule has 112 valence electrons. The smallest absolute Gasteiger partial charge is 0.0578 e. The van der Waals surface area contributed by atoms with E-state index in [2.05, 4.69) is 49.1 Å². The standard InChI is InChI=1S/C17H28N2S/c1-12(2)10-18-17(13(3)4)9-15(6)14(5)8-16(7)19-11-20/h8,10,15,19-20H,3,5,9,11H2,1-2,4,6-7H3/b16-8+,18-17-. The van der Waals surface area contributed by atoms with E-state index in [1.165, 1.54) is 5.57 Å². The van der Waals surface area contributed by atoms with Crippen molar-refractivity contribution < 1.29 is 0 Å². The average Bonchev–Trinajstić information content (AvgIpc) is 2.33. The van der Waals surface area contributed by atoms with Crippen LogP contribution in [0.3, 0.4) is 0 Å². The van der Waals surface area contributed by atoms with Crippen LogP contribution in [0.2, 0.25) is 0 Å². The first kappa shape index (κ1) is 18.8. The minimum Gasteiger partial charge on any atom is -0.380 e. The predicted octanol–water partition coefficient (Wildman–Crippen LogP) is 4.89. The maximum Gasteiger partial charge on any atom is 0.0578 e. The van der Waals surface area contributed by atoms with Gasteiger partial charge < -0.3 is 5.32 Å². The van der Waals surface area contributed by atoms with Gasteiger partial charge in [0.2, 0.25) is 0 Å². The van der Waals surface area contributed by atoms with E-state index in [0.29, 0.717) is 11.8 Å². The van der Waals surface area contributed by atoms with Gasteiger partial charge in [-0.25, -0.2) is 0 Å². The Kier molecular flexibility index (Phi) is 9.06. The van der Waals surface area contributed by atoms with Gasteiger partial charge in [-0.1, -0.05) is 31.2 Å². The van der Waals surface area contributed by atoms with Crippen LogP contribution in [0.25, 0.3) is 0 Å². The third kappa shape index (κ3) is 8.05. The molecule has 0 amide bonds. The molecule has 0 rings (SSSR count). The Bertz CT molecular complexity index is 438. The highest BCUT2D eigenvalue weighted by atomic mass is 32.1. The molecule has 0 saturated carbocycles. The van der Waals surface area contributed by atoms with Crippen molar-refractivity contribution >= 4 is 18.3 Å².